The van der Waals surface area contributed by atoms with Crippen molar-refractivity contribution < 1.29 is 13.9 Å². The molecule has 0 saturated carbocycles. The predicted molar refractivity (Wildman–Crippen MR) is 134 cm³/mol. The molecule has 6 nitrogen and oxygen atoms in total. The standard InChI is InChI=1S/C27H29N3O3S/c1-27(2,3)19-9-10-22-23(15-19)34-26(24(22)25(31)29-17-21-8-5-12-32-21)30-16-18-6-4-7-20(14-18)33-13-11-28/h4-8,12,14,16,19H,9-10,13,15,17H2,1-3H3,(H,29,31)/t19-/m0/s1. The van der Waals surface area contributed by atoms with E-state index < -0.39 is 0 Å². The van der Waals surface area contributed by atoms with Gasteiger partial charge in [-0.25, -0.2) is 4.99 Å². The van der Waals surface area contributed by atoms with Crippen molar-refractivity contribution in [1.82, 2.24) is 5.32 Å². The minimum atomic E-state index is -0.124. The number of thiophene rings is 1. The highest BCUT2D eigenvalue weighted by Crippen LogP contribution is 2.45. The first-order chi connectivity index (χ1) is 16.3. The molecule has 1 atom stereocenters. The van der Waals surface area contributed by atoms with E-state index in [1.54, 1.807) is 29.9 Å². The van der Waals surface area contributed by atoms with Gasteiger partial charge in [0.1, 0.15) is 22.6 Å². The van der Waals surface area contributed by atoms with Gasteiger partial charge >= 0.3 is 0 Å². The van der Waals surface area contributed by atoms with Crippen molar-refractivity contribution in [2.75, 3.05) is 6.61 Å². The van der Waals surface area contributed by atoms with Gasteiger partial charge in [0.25, 0.3) is 5.91 Å². The highest BCUT2D eigenvalue weighted by molar-refractivity contribution is 7.16. The third kappa shape index (κ3) is 5.57. The number of nitrogens with zero attached hydrogens (tertiary/aromatic N) is 2. The molecule has 0 radical (unpaired) electrons. The third-order valence-corrected chi connectivity index (χ3v) is 7.36. The van der Waals surface area contributed by atoms with E-state index in [1.807, 2.05) is 36.4 Å². The van der Waals surface area contributed by atoms with Crippen LogP contribution in [0.5, 0.6) is 5.75 Å². The van der Waals surface area contributed by atoms with Crippen molar-refractivity contribution in [3.05, 3.63) is 70.0 Å². The van der Waals surface area contributed by atoms with Crippen molar-refractivity contribution in [3.63, 3.8) is 0 Å². The Morgan fingerprint density at radius 1 is 1.35 bits per heavy atom. The van der Waals surface area contributed by atoms with E-state index >= 15 is 0 Å². The van der Waals surface area contributed by atoms with Gasteiger partial charge in [-0.1, -0.05) is 32.9 Å². The molecule has 4 rings (SSSR count). The predicted octanol–water partition coefficient (Wildman–Crippen LogP) is 6.08. The first-order valence-corrected chi connectivity index (χ1v) is 12.3. The van der Waals surface area contributed by atoms with Gasteiger partial charge in [-0.05, 0) is 66.0 Å². The van der Waals surface area contributed by atoms with Crippen LogP contribution in [0.4, 0.5) is 5.00 Å². The van der Waals surface area contributed by atoms with Crippen molar-refractivity contribution in [1.29, 1.82) is 5.26 Å². The summed E-state index contributed by atoms with van der Waals surface area (Å²) in [7, 11) is 0. The second-order valence-corrected chi connectivity index (χ2v) is 10.6. The Bertz CT molecular complexity index is 1210. The van der Waals surface area contributed by atoms with E-state index in [9.17, 15) is 4.79 Å². The second kappa shape index (κ2) is 10.3. The maximum atomic E-state index is 13.3. The van der Waals surface area contributed by atoms with Crippen LogP contribution in [0.2, 0.25) is 0 Å². The summed E-state index contributed by atoms with van der Waals surface area (Å²) >= 11 is 1.61. The molecule has 1 N–H and O–H groups in total. The minimum absolute atomic E-state index is 0.00677. The maximum Gasteiger partial charge on any atom is 0.255 e. The molecule has 0 fully saturated rings. The molecule has 1 aliphatic rings. The SMILES string of the molecule is CC(C)(C)[C@H]1CCc2c(sc(N=Cc3cccc(OCC#N)c3)c2C(=O)NCc2ccco2)C1. The molecular weight excluding hydrogens is 446 g/mol. The molecule has 2 aromatic heterocycles. The van der Waals surface area contributed by atoms with E-state index in [2.05, 4.69) is 26.1 Å². The number of hydrogen-bond acceptors (Lipinski definition) is 6. The summed E-state index contributed by atoms with van der Waals surface area (Å²) < 4.78 is 10.8. The van der Waals surface area contributed by atoms with Crippen LogP contribution in [0.3, 0.4) is 0 Å². The monoisotopic (exact) mass is 475 g/mol. The summed E-state index contributed by atoms with van der Waals surface area (Å²) in [6.45, 7) is 7.19. The van der Waals surface area contributed by atoms with Crippen LogP contribution in [0, 0.1) is 22.7 Å². The van der Waals surface area contributed by atoms with Crippen molar-refractivity contribution >= 4 is 28.5 Å². The number of carbonyl (C=O) groups is 1. The lowest BCUT2D eigenvalue weighted by molar-refractivity contribution is 0.0947. The molecule has 0 spiro atoms. The lowest BCUT2D eigenvalue weighted by Gasteiger charge is -2.33. The lowest BCUT2D eigenvalue weighted by Crippen LogP contribution is -2.28. The summed E-state index contributed by atoms with van der Waals surface area (Å²) in [5.41, 5.74) is 2.86. The van der Waals surface area contributed by atoms with Gasteiger partial charge in [-0.15, -0.1) is 11.3 Å². The molecule has 3 aromatic rings. The van der Waals surface area contributed by atoms with Crippen LogP contribution in [0.25, 0.3) is 0 Å². The molecule has 34 heavy (non-hydrogen) atoms. The zero-order valence-corrected chi connectivity index (χ0v) is 20.6. The molecule has 0 bridgehead atoms. The number of nitriles is 1. The summed E-state index contributed by atoms with van der Waals surface area (Å²) in [5.74, 6) is 1.77. The first kappa shape index (κ1) is 23.8. The number of hydrogen-bond donors (Lipinski definition) is 1. The van der Waals surface area contributed by atoms with Gasteiger partial charge in [0.05, 0.1) is 18.4 Å². The zero-order valence-electron chi connectivity index (χ0n) is 19.8. The van der Waals surface area contributed by atoms with E-state index in [-0.39, 0.29) is 17.9 Å². The van der Waals surface area contributed by atoms with Crippen LogP contribution in [-0.2, 0) is 19.4 Å². The summed E-state index contributed by atoms with van der Waals surface area (Å²) in [6.07, 6.45) is 6.26. The van der Waals surface area contributed by atoms with Crippen LogP contribution >= 0.6 is 11.3 Å². The van der Waals surface area contributed by atoms with Gasteiger partial charge in [0, 0.05) is 11.1 Å². The molecule has 1 aliphatic carbocycles. The topological polar surface area (TPSA) is 87.6 Å². The minimum Gasteiger partial charge on any atom is -0.479 e. The molecule has 176 valence electrons. The third-order valence-electron chi connectivity index (χ3n) is 6.19. The Morgan fingerprint density at radius 2 is 2.21 bits per heavy atom. The fourth-order valence-corrected chi connectivity index (χ4v) is 5.51. The molecule has 0 aliphatic heterocycles. The number of amides is 1. The zero-order chi connectivity index (χ0) is 24.1. The van der Waals surface area contributed by atoms with Gasteiger partial charge in [-0.2, -0.15) is 5.26 Å². The van der Waals surface area contributed by atoms with Gasteiger partial charge in [-0.3, -0.25) is 4.79 Å². The lowest BCUT2D eigenvalue weighted by atomic mass is 9.72. The maximum absolute atomic E-state index is 13.3. The van der Waals surface area contributed by atoms with Crippen LogP contribution in [0.1, 0.15) is 59.3 Å². The van der Waals surface area contributed by atoms with Crippen LogP contribution in [-0.4, -0.2) is 18.7 Å². The number of nitrogens with one attached hydrogen (secondary N) is 1. The average molecular weight is 476 g/mol. The van der Waals surface area contributed by atoms with Crippen molar-refractivity contribution in [3.8, 4) is 11.8 Å². The number of rotatable bonds is 7. The molecule has 1 aromatic carbocycles. The fourth-order valence-electron chi connectivity index (χ4n) is 4.24. The summed E-state index contributed by atoms with van der Waals surface area (Å²) in [4.78, 5) is 19.3. The summed E-state index contributed by atoms with van der Waals surface area (Å²) in [5, 5.41) is 12.5. The van der Waals surface area contributed by atoms with E-state index in [1.165, 1.54) is 4.88 Å². The molecule has 0 saturated heterocycles. The highest BCUT2D eigenvalue weighted by atomic mass is 32.1. The van der Waals surface area contributed by atoms with Gasteiger partial charge in [0.15, 0.2) is 6.61 Å². The largest absolute Gasteiger partial charge is 0.479 e. The molecular formula is C27H29N3O3S. The van der Waals surface area contributed by atoms with Crippen molar-refractivity contribution in [2.45, 2.75) is 46.6 Å². The second-order valence-electron chi connectivity index (χ2n) is 9.53. The van der Waals surface area contributed by atoms with Crippen LogP contribution < -0.4 is 10.1 Å². The number of aliphatic imine (C=N–C) groups is 1. The first-order valence-electron chi connectivity index (χ1n) is 11.4. The Labute approximate surface area is 204 Å². The number of fused-ring (bicyclic) bond motifs is 1. The Hall–Kier alpha value is -3.37. The quantitative estimate of drug-likeness (QED) is 0.420. The Balaban J connectivity index is 1.63. The van der Waals surface area contributed by atoms with E-state index in [0.717, 1.165) is 35.4 Å². The number of ether oxygens (including phenoxy) is 1. The fraction of sp³-hybridized carbons (Fsp3) is 0.370. The molecule has 0 unspecified atom stereocenters. The molecule has 7 heteroatoms. The molecule has 1 amide bonds. The normalized spacial score (nSPS) is 15.6. The van der Waals surface area contributed by atoms with E-state index in [0.29, 0.717) is 29.5 Å². The number of carbonyl (C=O) groups excluding carboxylic acids is 1. The number of furan rings is 1. The number of benzene rings is 1. The smallest absolute Gasteiger partial charge is 0.255 e. The van der Waals surface area contributed by atoms with Crippen LogP contribution in [0.15, 0.2) is 52.1 Å². The Morgan fingerprint density at radius 3 is 2.94 bits per heavy atom. The highest BCUT2D eigenvalue weighted by Gasteiger charge is 2.33. The van der Waals surface area contributed by atoms with Gasteiger partial charge in [0.2, 0.25) is 0 Å². The van der Waals surface area contributed by atoms with Crippen molar-refractivity contribution in [2.24, 2.45) is 16.3 Å². The Kier molecular flexibility index (Phi) is 7.18. The van der Waals surface area contributed by atoms with E-state index in [4.69, 9.17) is 19.4 Å². The average Bonchev–Trinajstić information content (AvgIpc) is 3.46. The summed E-state index contributed by atoms with van der Waals surface area (Å²) in [6, 6.07) is 13.0. The van der Waals surface area contributed by atoms with Gasteiger partial charge < -0.3 is 14.5 Å². The molecule has 2 heterocycles.